The molecule has 3 N–H and O–H groups in total. The predicted octanol–water partition coefficient (Wildman–Crippen LogP) is 20.5. The average Bonchev–Trinajstić information content (AvgIpc) is 3.33. The highest BCUT2D eigenvalue weighted by Crippen LogP contribution is 2.45. The fourth-order valence-corrected chi connectivity index (χ4v) is 12.0. The van der Waals surface area contributed by atoms with Crippen LogP contribution in [-0.4, -0.2) is 96.7 Å². The molecule has 0 aromatic heterocycles. The summed E-state index contributed by atoms with van der Waals surface area (Å²) in [6.45, 7) is 7.15. The smallest absolute Gasteiger partial charge is 0.462 e. The highest BCUT2D eigenvalue weighted by molar-refractivity contribution is 7.47. The van der Waals surface area contributed by atoms with E-state index in [0.717, 1.165) is 109 Å². The van der Waals surface area contributed by atoms with Gasteiger partial charge in [0.2, 0.25) is 0 Å². The van der Waals surface area contributed by atoms with Crippen LogP contribution in [-0.2, 0) is 65.4 Å². The van der Waals surface area contributed by atoms with E-state index in [4.69, 9.17) is 37.0 Å². The summed E-state index contributed by atoms with van der Waals surface area (Å²) in [5, 5.41) is 10.6. The van der Waals surface area contributed by atoms with E-state index >= 15 is 0 Å². The Balaban J connectivity index is 5.28. The van der Waals surface area contributed by atoms with Gasteiger partial charge >= 0.3 is 39.5 Å². The van der Waals surface area contributed by atoms with E-state index in [9.17, 15) is 43.2 Å². The molecule has 19 heteroatoms. The summed E-state index contributed by atoms with van der Waals surface area (Å²) in [4.78, 5) is 72.6. The minimum absolute atomic E-state index is 0.0856. The van der Waals surface area contributed by atoms with Gasteiger partial charge in [0.1, 0.15) is 19.3 Å². The number of allylic oxidation sites excluding steroid dienone is 4. The zero-order chi connectivity index (χ0) is 67.0. The molecule has 0 saturated carbocycles. The Bertz CT molecular complexity index is 1850. The molecule has 91 heavy (non-hydrogen) atoms. The van der Waals surface area contributed by atoms with Crippen molar-refractivity contribution in [3.05, 3.63) is 24.3 Å². The SMILES string of the molecule is CCCCCC/C=C\C=C/CCCCCCCC(=O)O[C@H](COC(=O)CCCCCCCCCCCCCCCCC)COP(=O)(O)OC[C@@H](O)COP(=O)(O)OC[C@@H](COC(=O)CCCCCCCCCCCC)OC(=O)CCCCCCCCCCC(C)C. The van der Waals surface area contributed by atoms with Crippen LogP contribution in [0.3, 0.4) is 0 Å². The van der Waals surface area contributed by atoms with E-state index in [2.05, 4.69) is 58.9 Å². The van der Waals surface area contributed by atoms with Crippen LogP contribution in [0.15, 0.2) is 24.3 Å². The monoisotopic (exact) mass is 1330 g/mol. The number of hydrogen-bond acceptors (Lipinski definition) is 15. The largest absolute Gasteiger partial charge is 0.472 e. The van der Waals surface area contributed by atoms with E-state index in [1.165, 1.54) is 161 Å². The molecule has 0 heterocycles. The van der Waals surface area contributed by atoms with Gasteiger partial charge in [-0.2, -0.15) is 0 Å². The van der Waals surface area contributed by atoms with Crippen LogP contribution in [0.4, 0.5) is 0 Å². The summed E-state index contributed by atoms with van der Waals surface area (Å²) in [5.41, 5.74) is 0. The van der Waals surface area contributed by atoms with Gasteiger partial charge in [0.25, 0.3) is 0 Å². The molecule has 0 aliphatic carbocycles. The maximum atomic E-state index is 13.0. The number of aliphatic hydroxyl groups excluding tert-OH is 1. The molecule has 0 rings (SSSR count). The van der Waals surface area contributed by atoms with Crippen molar-refractivity contribution in [2.75, 3.05) is 39.6 Å². The van der Waals surface area contributed by atoms with E-state index < -0.39 is 97.5 Å². The molecule has 0 bridgehead atoms. The van der Waals surface area contributed by atoms with Crippen molar-refractivity contribution in [2.24, 2.45) is 5.92 Å². The zero-order valence-corrected chi connectivity index (χ0v) is 60.3. The van der Waals surface area contributed by atoms with E-state index in [1.54, 1.807) is 0 Å². The summed E-state index contributed by atoms with van der Waals surface area (Å²) < 4.78 is 68.3. The van der Waals surface area contributed by atoms with Gasteiger partial charge in [-0.3, -0.25) is 37.3 Å². The maximum Gasteiger partial charge on any atom is 0.472 e. The van der Waals surface area contributed by atoms with Gasteiger partial charge < -0.3 is 33.8 Å². The third-order valence-corrected chi connectivity index (χ3v) is 18.1. The Kier molecular flexibility index (Phi) is 63.1. The Hall–Kier alpha value is -2.46. The highest BCUT2D eigenvalue weighted by atomic mass is 31.2. The Labute approximate surface area is 554 Å². The van der Waals surface area contributed by atoms with Crippen molar-refractivity contribution < 1.29 is 80.2 Å². The molecule has 0 saturated heterocycles. The molecule has 0 fully saturated rings. The topological polar surface area (TPSA) is 237 Å². The summed E-state index contributed by atoms with van der Waals surface area (Å²) in [6.07, 6.45) is 54.9. The first-order chi connectivity index (χ1) is 44.0. The van der Waals surface area contributed by atoms with E-state index in [1.807, 2.05) is 0 Å². The Morgan fingerprint density at radius 3 is 0.901 bits per heavy atom. The minimum Gasteiger partial charge on any atom is -0.462 e. The fourth-order valence-electron chi connectivity index (χ4n) is 10.5. The molecule has 536 valence electrons. The molecule has 0 aliphatic heterocycles. The number of ether oxygens (including phenoxy) is 4. The summed E-state index contributed by atoms with van der Waals surface area (Å²) in [5.74, 6) is -1.43. The number of hydrogen-bond donors (Lipinski definition) is 3. The second-order valence-electron chi connectivity index (χ2n) is 25.8. The van der Waals surface area contributed by atoms with Gasteiger partial charge in [0.15, 0.2) is 12.2 Å². The van der Waals surface area contributed by atoms with Gasteiger partial charge in [0, 0.05) is 25.7 Å². The number of rotatable bonds is 70. The predicted molar refractivity (Wildman–Crippen MR) is 368 cm³/mol. The van der Waals surface area contributed by atoms with Crippen molar-refractivity contribution in [3.63, 3.8) is 0 Å². The lowest BCUT2D eigenvalue weighted by molar-refractivity contribution is -0.161. The molecular formula is C72H136O17P2. The summed E-state index contributed by atoms with van der Waals surface area (Å²) >= 11 is 0. The molecule has 5 atom stereocenters. The standard InChI is InChI=1S/C72H136O17P2/c1-6-9-12-15-18-21-24-26-28-30-32-35-41-46-51-56-70(75)83-61-67(88-71(76)57-52-47-42-36-33-31-29-27-25-22-19-16-13-10-7-2)63-86-90(78,79)84-59-66(73)60-85-91(80,81)87-64-68(62-82-69(74)55-50-45-40-34-23-20-17-14-11-8-3)89-72(77)58-53-48-43-38-37-39-44-49-54-65(4)5/h22,25,27,29,65-68,73H,6-21,23-24,26,28,30-64H2,1-5H3,(H,78,79)(H,80,81)/b25-22-,29-27-/t66-,67-,68-/m1/s1. The number of esters is 4. The highest BCUT2D eigenvalue weighted by Gasteiger charge is 2.30. The van der Waals surface area contributed by atoms with Crippen LogP contribution >= 0.6 is 15.6 Å². The Morgan fingerprint density at radius 1 is 0.341 bits per heavy atom. The second kappa shape index (κ2) is 64.9. The normalized spacial score (nSPS) is 14.2. The lowest BCUT2D eigenvalue weighted by Crippen LogP contribution is -2.30. The van der Waals surface area contributed by atoms with Crippen molar-refractivity contribution in [3.8, 4) is 0 Å². The first-order valence-corrected chi connectivity index (χ1v) is 39.9. The summed E-state index contributed by atoms with van der Waals surface area (Å²) in [7, 11) is -9.91. The molecule has 0 aromatic rings. The third kappa shape index (κ3) is 66.0. The van der Waals surface area contributed by atoms with E-state index in [-0.39, 0.29) is 25.7 Å². The minimum atomic E-state index is -4.96. The van der Waals surface area contributed by atoms with Crippen molar-refractivity contribution in [1.82, 2.24) is 0 Å². The van der Waals surface area contributed by atoms with Gasteiger partial charge in [-0.25, -0.2) is 9.13 Å². The molecule has 17 nitrogen and oxygen atoms in total. The van der Waals surface area contributed by atoms with Crippen LogP contribution in [0, 0.1) is 5.92 Å². The van der Waals surface area contributed by atoms with Gasteiger partial charge in [-0.1, -0.05) is 296 Å². The molecule has 0 radical (unpaired) electrons. The Morgan fingerprint density at radius 2 is 0.593 bits per heavy atom. The van der Waals surface area contributed by atoms with Gasteiger partial charge in [-0.05, 0) is 57.3 Å². The number of carbonyl (C=O) groups excluding carboxylic acids is 4. The molecule has 0 aliphatic rings. The third-order valence-electron chi connectivity index (χ3n) is 16.2. The van der Waals surface area contributed by atoms with Crippen molar-refractivity contribution in [2.45, 2.75) is 368 Å². The van der Waals surface area contributed by atoms with Crippen molar-refractivity contribution >= 4 is 39.5 Å². The molecule has 0 spiro atoms. The second-order valence-corrected chi connectivity index (χ2v) is 28.7. The number of phosphoric ester groups is 2. The first kappa shape index (κ1) is 88.5. The first-order valence-electron chi connectivity index (χ1n) is 37.0. The number of unbranched alkanes of at least 4 members (excludes halogenated alkanes) is 39. The van der Waals surface area contributed by atoms with Gasteiger partial charge in [0.05, 0.1) is 26.4 Å². The zero-order valence-electron chi connectivity index (χ0n) is 58.5. The molecule has 0 amide bonds. The van der Waals surface area contributed by atoms with Crippen LogP contribution in [0.1, 0.15) is 349 Å². The quantitative estimate of drug-likeness (QED) is 0.0169. The molecule has 2 unspecified atom stereocenters. The maximum absolute atomic E-state index is 13.0. The molecular weight excluding hydrogens is 1200 g/mol. The van der Waals surface area contributed by atoms with E-state index in [0.29, 0.717) is 25.7 Å². The van der Waals surface area contributed by atoms with Crippen molar-refractivity contribution in [1.29, 1.82) is 0 Å². The number of phosphoric acid groups is 2. The van der Waals surface area contributed by atoms with Crippen LogP contribution < -0.4 is 0 Å². The number of aliphatic hydroxyl groups is 1. The van der Waals surface area contributed by atoms with Crippen LogP contribution in [0.5, 0.6) is 0 Å². The van der Waals surface area contributed by atoms with Gasteiger partial charge in [-0.15, -0.1) is 0 Å². The average molecular weight is 1340 g/mol. The lowest BCUT2D eigenvalue weighted by Gasteiger charge is -2.21. The molecule has 0 aromatic carbocycles. The number of carbonyl (C=O) groups is 4. The fraction of sp³-hybridized carbons (Fsp3) is 0.889. The lowest BCUT2D eigenvalue weighted by atomic mass is 10.0. The van der Waals surface area contributed by atoms with Crippen LogP contribution in [0.2, 0.25) is 0 Å². The summed E-state index contributed by atoms with van der Waals surface area (Å²) in [6, 6.07) is 0. The van der Waals surface area contributed by atoms with Crippen LogP contribution in [0.25, 0.3) is 0 Å².